The Morgan fingerprint density at radius 2 is 1.90 bits per heavy atom. The van der Waals surface area contributed by atoms with E-state index < -0.39 is 0 Å². The third-order valence-corrected chi connectivity index (χ3v) is 4.81. The summed E-state index contributed by atoms with van der Waals surface area (Å²) in [4.78, 5) is 12.9. The second-order valence-electron chi connectivity index (χ2n) is 6.67. The highest BCUT2D eigenvalue weighted by Gasteiger charge is 2.35. The Morgan fingerprint density at radius 3 is 2.53 bits per heavy atom. The highest BCUT2D eigenvalue weighted by atomic mass is 16.5. The molecule has 0 radical (unpaired) electrons. The first-order valence-electron chi connectivity index (χ1n) is 9.38. The minimum absolute atomic E-state index is 0.178. The molecule has 2 aromatic carbocycles. The molecular weight excluding hydrogens is 382 g/mol. The Hall–Kier alpha value is -4.05. The maximum absolute atomic E-state index is 12.9. The van der Waals surface area contributed by atoms with Gasteiger partial charge >= 0.3 is 0 Å². The summed E-state index contributed by atoms with van der Waals surface area (Å²) in [5.41, 5.74) is 2.22. The number of hydrazone groups is 1. The summed E-state index contributed by atoms with van der Waals surface area (Å²) >= 11 is 0. The number of nitriles is 1. The van der Waals surface area contributed by atoms with Gasteiger partial charge < -0.3 is 13.9 Å². The van der Waals surface area contributed by atoms with Gasteiger partial charge in [0.05, 0.1) is 30.7 Å². The summed E-state index contributed by atoms with van der Waals surface area (Å²) in [6.45, 7) is -0.178. The Labute approximate surface area is 173 Å². The topological polar surface area (TPSA) is 88.1 Å². The van der Waals surface area contributed by atoms with Gasteiger partial charge in [0.15, 0.2) is 6.61 Å². The maximum Gasteiger partial charge on any atom is 0.281 e. The van der Waals surface area contributed by atoms with E-state index in [4.69, 9.17) is 19.2 Å². The molecule has 2 heterocycles. The van der Waals surface area contributed by atoms with Crippen LogP contribution in [0, 0.1) is 11.3 Å². The van der Waals surface area contributed by atoms with Gasteiger partial charge in [-0.25, -0.2) is 5.01 Å². The molecule has 0 aliphatic carbocycles. The van der Waals surface area contributed by atoms with Crippen molar-refractivity contribution in [3.8, 4) is 17.6 Å². The summed E-state index contributed by atoms with van der Waals surface area (Å²) in [5, 5.41) is 14.9. The summed E-state index contributed by atoms with van der Waals surface area (Å²) in [6, 6.07) is 19.5. The average Bonchev–Trinajstić information content (AvgIpc) is 3.48. The van der Waals surface area contributed by atoms with Crippen molar-refractivity contribution < 1.29 is 18.7 Å². The Morgan fingerprint density at radius 1 is 1.17 bits per heavy atom. The standard InChI is InChI=1S/C23H19N3O4/c1-28-18-10-6-17(7-11-18)20-13-21(22-3-2-12-29-22)26(25-20)23(27)15-30-19-8-4-16(14-24)5-9-19/h2-12,21H,13,15H2,1H3/t21-/m1/s1. The molecule has 1 aliphatic heterocycles. The number of furan rings is 1. The van der Waals surface area contributed by atoms with Gasteiger partial charge in [-0.05, 0) is 66.2 Å². The molecule has 0 saturated carbocycles. The largest absolute Gasteiger partial charge is 0.497 e. The average molecular weight is 401 g/mol. The Kier molecular flexibility index (Phi) is 5.48. The number of amides is 1. The highest BCUT2D eigenvalue weighted by Crippen LogP contribution is 2.33. The summed E-state index contributed by atoms with van der Waals surface area (Å²) in [5.74, 6) is 1.64. The zero-order valence-corrected chi connectivity index (χ0v) is 16.3. The van der Waals surface area contributed by atoms with Crippen LogP contribution >= 0.6 is 0 Å². The van der Waals surface area contributed by atoms with E-state index in [1.807, 2.05) is 36.4 Å². The molecule has 0 spiro atoms. The second kappa shape index (κ2) is 8.53. The number of benzene rings is 2. The first-order chi connectivity index (χ1) is 14.7. The number of nitrogens with zero attached hydrogens (tertiary/aromatic N) is 3. The molecule has 30 heavy (non-hydrogen) atoms. The van der Waals surface area contributed by atoms with Crippen molar-refractivity contribution in [3.63, 3.8) is 0 Å². The van der Waals surface area contributed by atoms with Gasteiger partial charge in [-0.3, -0.25) is 4.79 Å². The first-order valence-corrected chi connectivity index (χ1v) is 9.38. The minimum Gasteiger partial charge on any atom is -0.497 e. The lowest BCUT2D eigenvalue weighted by molar-refractivity contribution is -0.135. The van der Waals surface area contributed by atoms with Crippen LogP contribution in [0.5, 0.6) is 11.5 Å². The second-order valence-corrected chi connectivity index (χ2v) is 6.67. The zero-order chi connectivity index (χ0) is 20.9. The van der Waals surface area contributed by atoms with Crippen molar-refractivity contribution in [2.24, 2.45) is 5.10 Å². The summed E-state index contributed by atoms with van der Waals surface area (Å²) < 4.78 is 16.4. The molecular formula is C23H19N3O4. The number of carbonyl (C=O) groups is 1. The van der Waals surface area contributed by atoms with Gasteiger partial charge in [0, 0.05) is 6.42 Å². The van der Waals surface area contributed by atoms with Crippen LogP contribution in [0.25, 0.3) is 0 Å². The normalized spacial score (nSPS) is 15.4. The van der Waals surface area contributed by atoms with Crippen molar-refractivity contribution in [2.45, 2.75) is 12.5 Å². The molecule has 1 atom stereocenters. The van der Waals surface area contributed by atoms with Gasteiger partial charge in [-0.2, -0.15) is 10.4 Å². The number of carbonyl (C=O) groups excluding carboxylic acids is 1. The van der Waals surface area contributed by atoms with Crippen molar-refractivity contribution in [2.75, 3.05) is 13.7 Å². The lowest BCUT2D eigenvalue weighted by Crippen LogP contribution is -2.31. The van der Waals surface area contributed by atoms with Gasteiger partial charge in [0.1, 0.15) is 23.3 Å². The number of ether oxygens (including phenoxy) is 2. The number of hydrogen-bond acceptors (Lipinski definition) is 6. The van der Waals surface area contributed by atoms with Crippen LogP contribution in [-0.2, 0) is 4.79 Å². The van der Waals surface area contributed by atoms with Crippen molar-refractivity contribution in [3.05, 3.63) is 83.8 Å². The van der Waals surface area contributed by atoms with Gasteiger partial charge in [0.25, 0.3) is 5.91 Å². The van der Waals surface area contributed by atoms with Crippen LogP contribution in [0.15, 0.2) is 76.4 Å². The number of rotatable bonds is 6. The molecule has 7 heteroatoms. The third kappa shape index (κ3) is 4.03. The molecule has 150 valence electrons. The van der Waals surface area contributed by atoms with E-state index in [-0.39, 0.29) is 18.6 Å². The van der Waals surface area contributed by atoms with E-state index >= 15 is 0 Å². The molecule has 0 fully saturated rings. The molecule has 0 saturated heterocycles. The van der Waals surface area contributed by atoms with E-state index in [2.05, 4.69) is 5.10 Å². The fraction of sp³-hybridized carbons (Fsp3) is 0.174. The first kappa shape index (κ1) is 19.3. The van der Waals surface area contributed by atoms with E-state index in [1.165, 1.54) is 5.01 Å². The molecule has 0 unspecified atom stereocenters. The third-order valence-electron chi connectivity index (χ3n) is 4.81. The molecule has 1 aromatic heterocycles. The monoisotopic (exact) mass is 401 g/mol. The quantitative estimate of drug-likeness (QED) is 0.625. The number of hydrogen-bond donors (Lipinski definition) is 0. The Balaban J connectivity index is 1.52. The van der Waals surface area contributed by atoms with E-state index in [9.17, 15) is 4.79 Å². The smallest absolute Gasteiger partial charge is 0.281 e. The van der Waals surface area contributed by atoms with Gasteiger partial charge in [-0.1, -0.05) is 0 Å². The van der Waals surface area contributed by atoms with Gasteiger partial charge in [-0.15, -0.1) is 0 Å². The number of methoxy groups -OCH3 is 1. The van der Waals surface area contributed by atoms with Crippen molar-refractivity contribution in [1.82, 2.24) is 5.01 Å². The SMILES string of the molecule is COc1ccc(C2=NN(C(=O)COc3ccc(C#N)cc3)[C@@H](c3ccco3)C2)cc1. The van der Waals surface area contributed by atoms with E-state index in [0.29, 0.717) is 23.5 Å². The Bertz CT molecular complexity index is 1080. The highest BCUT2D eigenvalue weighted by molar-refractivity contribution is 6.03. The lowest BCUT2D eigenvalue weighted by Gasteiger charge is -2.20. The fourth-order valence-corrected chi connectivity index (χ4v) is 3.24. The van der Waals surface area contributed by atoms with Crippen LogP contribution in [0.1, 0.15) is 29.3 Å². The van der Waals surface area contributed by atoms with Crippen molar-refractivity contribution >= 4 is 11.6 Å². The molecule has 1 aliphatic rings. The predicted molar refractivity (Wildman–Crippen MR) is 109 cm³/mol. The fourth-order valence-electron chi connectivity index (χ4n) is 3.24. The van der Waals surface area contributed by atoms with Crippen LogP contribution in [0.3, 0.4) is 0 Å². The van der Waals surface area contributed by atoms with Crippen LogP contribution in [-0.4, -0.2) is 30.3 Å². The zero-order valence-electron chi connectivity index (χ0n) is 16.3. The van der Waals surface area contributed by atoms with E-state index in [0.717, 1.165) is 17.0 Å². The molecule has 0 N–H and O–H groups in total. The van der Waals surface area contributed by atoms with Crippen LogP contribution in [0.4, 0.5) is 0 Å². The summed E-state index contributed by atoms with van der Waals surface area (Å²) in [6.07, 6.45) is 2.11. The van der Waals surface area contributed by atoms with Crippen LogP contribution < -0.4 is 9.47 Å². The molecule has 7 nitrogen and oxygen atoms in total. The van der Waals surface area contributed by atoms with Crippen molar-refractivity contribution in [1.29, 1.82) is 5.26 Å². The van der Waals surface area contributed by atoms with Gasteiger partial charge in [0.2, 0.25) is 0 Å². The van der Waals surface area contributed by atoms with E-state index in [1.54, 1.807) is 43.7 Å². The maximum atomic E-state index is 12.9. The summed E-state index contributed by atoms with van der Waals surface area (Å²) in [7, 11) is 1.61. The molecule has 4 rings (SSSR count). The minimum atomic E-state index is -0.339. The molecule has 1 amide bonds. The van der Waals surface area contributed by atoms with Crippen LogP contribution in [0.2, 0.25) is 0 Å². The lowest BCUT2D eigenvalue weighted by atomic mass is 10.0. The predicted octanol–water partition coefficient (Wildman–Crippen LogP) is 3.92. The molecule has 0 bridgehead atoms. The molecule has 3 aromatic rings.